The average molecular weight is 321 g/mol. The van der Waals surface area contributed by atoms with Gasteiger partial charge in [-0.2, -0.15) is 0 Å². The number of carbonyl (C=O) groups excluding carboxylic acids is 1. The molecule has 2 aromatic carbocycles. The van der Waals surface area contributed by atoms with E-state index >= 15 is 0 Å². The van der Waals surface area contributed by atoms with Crippen LogP contribution < -0.4 is 5.32 Å². The number of rotatable bonds is 7. The highest BCUT2D eigenvalue weighted by Gasteiger charge is 2.42. The van der Waals surface area contributed by atoms with Crippen LogP contribution in [0.2, 0.25) is 0 Å². The van der Waals surface area contributed by atoms with Crippen molar-refractivity contribution < 1.29 is 4.79 Å². The third-order valence-electron chi connectivity index (χ3n) is 5.24. The maximum Gasteiger partial charge on any atom is 0.230 e. The lowest BCUT2D eigenvalue weighted by Gasteiger charge is -2.28. The van der Waals surface area contributed by atoms with Gasteiger partial charge in [-0.15, -0.1) is 0 Å². The van der Waals surface area contributed by atoms with Gasteiger partial charge in [-0.25, -0.2) is 0 Å². The van der Waals surface area contributed by atoms with Crippen LogP contribution in [0, 0.1) is 0 Å². The first-order chi connectivity index (χ1) is 11.8. The molecule has 2 aromatic rings. The number of unbranched alkanes of at least 4 members (excludes halogenated alkanes) is 1. The Morgan fingerprint density at radius 2 is 1.50 bits per heavy atom. The Hall–Kier alpha value is -2.09. The fourth-order valence-electron chi connectivity index (χ4n) is 3.85. The van der Waals surface area contributed by atoms with E-state index in [1.54, 1.807) is 0 Å². The van der Waals surface area contributed by atoms with Gasteiger partial charge >= 0.3 is 0 Å². The number of nitrogens with one attached hydrogen (secondary N) is 1. The minimum absolute atomic E-state index is 0.228. The van der Waals surface area contributed by atoms with Crippen molar-refractivity contribution >= 4 is 5.91 Å². The van der Waals surface area contributed by atoms with E-state index in [1.807, 2.05) is 24.3 Å². The standard InChI is InChI=1S/C22H27NO/c24-21(23-18-10-7-13-19-11-3-1-4-12-19)22(16-8-9-17-22)20-14-5-2-6-15-20/h1-6,11-12,14-15H,7-10,13,16-18H2,(H,23,24). The zero-order valence-corrected chi connectivity index (χ0v) is 14.3. The molecular formula is C22H27NO. The first-order valence-corrected chi connectivity index (χ1v) is 9.19. The van der Waals surface area contributed by atoms with Crippen molar-refractivity contribution in [2.45, 2.75) is 50.4 Å². The summed E-state index contributed by atoms with van der Waals surface area (Å²) in [7, 11) is 0. The van der Waals surface area contributed by atoms with Crippen LogP contribution in [-0.2, 0) is 16.6 Å². The Morgan fingerprint density at radius 3 is 2.17 bits per heavy atom. The van der Waals surface area contributed by atoms with E-state index in [0.29, 0.717) is 0 Å². The number of amides is 1. The first-order valence-electron chi connectivity index (χ1n) is 9.19. The van der Waals surface area contributed by atoms with Crippen molar-refractivity contribution in [3.63, 3.8) is 0 Å². The molecular weight excluding hydrogens is 294 g/mol. The van der Waals surface area contributed by atoms with Gasteiger partial charge in [0.25, 0.3) is 0 Å². The van der Waals surface area contributed by atoms with E-state index < -0.39 is 0 Å². The molecule has 0 aliphatic heterocycles. The van der Waals surface area contributed by atoms with Gasteiger partial charge in [0.1, 0.15) is 0 Å². The Morgan fingerprint density at radius 1 is 0.875 bits per heavy atom. The molecule has 0 aromatic heterocycles. The van der Waals surface area contributed by atoms with Gasteiger partial charge in [0.15, 0.2) is 0 Å². The summed E-state index contributed by atoms with van der Waals surface area (Å²) in [5, 5.41) is 3.21. The maximum absolute atomic E-state index is 12.9. The predicted molar refractivity (Wildman–Crippen MR) is 99.0 cm³/mol. The third kappa shape index (κ3) is 3.87. The van der Waals surface area contributed by atoms with E-state index in [-0.39, 0.29) is 11.3 Å². The van der Waals surface area contributed by atoms with Crippen LogP contribution >= 0.6 is 0 Å². The second kappa shape index (κ2) is 8.14. The van der Waals surface area contributed by atoms with Gasteiger partial charge in [0.05, 0.1) is 5.41 Å². The summed E-state index contributed by atoms with van der Waals surface area (Å²) in [5.41, 5.74) is 2.27. The summed E-state index contributed by atoms with van der Waals surface area (Å²) < 4.78 is 0. The molecule has 3 rings (SSSR count). The lowest BCUT2D eigenvalue weighted by atomic mass is 9.78. The molecule has 0 heterocycles. The Labute approximate surface area is 145 Å². The Bertz CT molecular complexity index is 630. The molecule has 1 fully saturated rings. The maximum atomic E-state index is 12.9. The summed E-state index contributed by atoms with van der Waals surface area (Å²) >= 11 is 0. The largest absolute Gasteiger partial charge is 0.355 e. The molecule has 1 saturated carbocycles. The van der Waals surface area contributed by atoms with E-state index in [1.165, 1.54) is 11.1 Å². The molecule has 1 N–H and O–H groups in total. The molecule has 126 valence electrons. The number of benzene rings is 2. The summed E-state index contributed by atoms with van der Waals surface area (Å²) in [6.45, 7) is 0.778. The topological polar surface area (TPSA) is 29.1 Å². The fraction of sp³-hybridized carbons (Fsp3) is 0.409. The van der Waals surface area contributed by atoms with Gasteiger partial charge in [-0.05, 0) is 43.2 Å². The third-order valence-corrected chi connectivity index (χ3v) is 5.24. The van der Waals surface area contributed by atoms with Crippen molar-refractivity contribution in [3.8, 4) is 0 Å². The van der Waals surface area contributed by atoms with Crippen molar-refractivity contribution in [1.82, 2.24) is 5.32 Å². The Balaban J connectivity index is 1.50. The highest BCUT2D eigenvalue weighted by molar-refractivity contribution is 5.88. The second-order valence-electron chi connectivity index (χ2n) is 6.85. The van der Waals surface area contributed by atoms with Crippen molar-refractivity contribution in [1.29, 1.82) is 0 Å². The SMILES string of the molecule is O=C(NCCCCc1ccccc1)C1(c2ccccc2)CCCC1. The molecule has 0 saturated heterocycles. The molecule has 0 unspecified atom stereocenters. The zero-order valence-electron chi connectivity index (χ0n) is 14.3. The summed E-state index contributed by atoms with van der Waals surface area (Å²) in [4.78, 5) is 12.9. The molecule has 0 spiro atoms. The lowest BCUT2D eigenvalue weighted by molar-refractivity contribution is -0.126. The number of hydrogen-bond acceptors (Lipinski definition) is 1. The van der Waals surface area contributed by atoms with Gasteiger partial charge in [0.2, 0.25) is 5.91 Å². The van der Waals surface area contributed by atoms with E-state index in [4.69, 9.17) is 0 Å². The zero-order chi connectivity index (χ0) is 16.7. The minimum atomic E-state index is -0.291. The highest BCUT2D eigenvalue weighted by Crippen LogP contribution is 2.41. The fourth-order valence-corrected chi connectivity index (χ4v) is 3.85. The van der Waals surface area contributed by atoms with Gasteiger partial charge in [0, 0.05) is 6.54 Å². The van der Waals surface area contributed by atoms with Crippen LogP contribution in [0.25, 0.3) is 0 Å². The summed E-state index contributed by atoms with van der Waals surface area (Å²) in [5.74, 6) is 0.228. The monoisotopic (exact) mass is 321 g/mol. The van der Waals surface area contributed by atoms with Crippen molar-refractivity contribution in [2.24, 2.45) is 0 Å². The van der Waals surface area contributed by atoms with Gasteiger partial charge < -0.3 is 5.32 Å². The van der Waals surface area contributed by atoms with Crippen LogP contribution in [0.4, 0.5) is 0 Å². The van der Waals surface area contributed by atoms with E-state index in [0.717, 1.165) is 51.5 Å². The number of aryl methyl sites for hydroxylation is 1. The molecule has 0 atom stereocenters. The minimum Gasteiger partial charge on any atom is -0.355 e. The lowest BCUT2D eigenvalue weighted by Crippen LogP contribution is -2.43. The van der Waals surface area contributed by atoms with Gasteiger partial charge in [-0.3, -0.25) is 4.79 Å². The van der Waals surface area contributed by atoms with E-state index in [9.17, 15) is 4.79 Å². The summed E-state index contributed by atoms with van der Waals surface area (Å²) in [6.07, 6.45) is 7.49. The number of carbonyl (C=O) groups is 1. The summed E-state index contributed by atoms with van der Waals surface area (Å²) in [6, 6.07) is 20.9. The van der Waals surface area contributed by atoms with Crippen LogP contribution in [0.5, 0.6) is 0 Å². The van der Waals surface area contributed by atoms with Crippen LogP contribution in [0.15, 0.2) is 60.7 Å². The predicted octanol–water partition coefficient (Wildman–Crippen LogP) is 4.64. The molecule has 2 heteroatoms. The van der Waals surface area contributed by atoms with Crippen molar-refractivity contribution in [2.75, 3.05) is 6.54 Å². The quantitative estimate of drug-likeness (QED) is 0.740. The smallest absolute Gasteiger partial charge is 0.230 e. The molecule has 24 heavy (non-hydrogen) atoms. The number of hydrogen-bond donors (Lipinski definition) is 1. The van der Waals surface area contributed by atoms with Crippen LogP contribution in [0.3, 0.4) is 0 Å². The molecule has 2 nitrogen and oxygen atoms in total. The molecule has 1 aliphatic rings. The van der Waals surface area contributed by atoms with E-state index in [2.05, 4.69) is 41.7 Å². The molecule has 0 bridgehead atoms. The molecule has 1 aliphatic carbocycles. The van der Waals surface area contributed by atoms with Crippen molar-refractivity contribution in [3.05, 3.63) is 71.8 Å². The molecule has 0 radical (unpaired) electrons. The van der Waals surface area contributed by atoms with Crippen LogP contribution in [0.1, 0.15) is 49.7 Å². The highest BCUT2D eigenvalue weighted by atomic mass is 16.2. The average Bonchev–Trinajstić information content (AvgIpc) is 3.14. The first kappa shape index (κ1) is 16.8. The normalized spacial score (nSPS) is 16.0. The second-order valence-corrected chi connectivity index (χ2v) is 6.85. The van der Waals surface area contributed by atoms with Gasteiger partial charge in [-0.1, -0.05) is 73.5 Å². The Kier molecular flexibility index (Phi) is 5.68. The van der Waals surface area contributed by atoms with Crippen LogP contribution in [-0.4, -0.2) is 12.5 Å². The molecule has 1 amide bonds.